The Morgan fingerprint density at radius 1 is 1.18 bits per heavy atom. The number of nitrogens with one attached hydrogen (secondary N) is 1. The van der Waals surface area contributed by atoms with Gasteiger partial charge in [0.1, 0.15) is 6.61 Å². The van der Waals surface area contributed by atoms with Crippen molar-refractivity contribution in [3.05, 3.63) is 71.4 Å². The van der Waals surface area contributed by atoms with Gasteiger partial charge >= 0.3 is 0 Å². The molecular weight excluding hydrogens is 286 g/mol. The highest BCUT2D eigenvalue weighted by Crippen LogP contribution is 2.23. The minimum absolute atomic E-state index is 0.00330. The predicted molar refractivity (Wildman–Crippen MR) is 78.3 cm³/mol. The van der Waals surface area contributed by atoms with E-state index in [2.05, 4.69) is 16.3 Å². The molecule has 0 bridgehead atoms. The number of hydrogen-bond donors (Lipinski definition) is 1. The van der Waals surface area contributed by atoms with E-state index in [-0.39, 0.29) is 6.61 Å². The van der Waals surface area contributed by atoms with Crippen molar-refractivity contribution in [2.45, 2.75) is 13.5 Å². The average Bonchev–Trinajstić information content (AvgIpc) is 2.96. The van der Waals surface area contributed by atoms with Crippen LogP contribution in [0, 0.1) is 24.6 Å². The molecule has 22 heavy (non-hydrogen) atoms. The lowest BCUT2D eigenvalue weighted by atomic mass is 10.1. The van der Waals surface area contributed by atoms with Gasteiger partial charge in [-0.15, -0.1) is 0 Å². The SMILES string of the molecule is Cc1cccc(-c2cc(COc3c(F)c[c]cc3F)[nH]n2)c1. The molecule has 1 N–H and O–H groups in total. The molecule has 3 nitrogen and oxygen atoms in total. The first-order chi connectivity index (χ1) is 10.6. The predicted octanol–water partition coefficient (Wildman–Crippen LogP) is 4.04. The lowest BCUT2D eigenvalue weighted by Gasteiger charge is -2.06. The average molecular weight is 299 g/mol. The molecule has 0 aliphatic heterocycles. The van der Waals surface area contributed by atoms with Gasteiger partial charge in [-0.2, -0.15) is 5.10 Å². The third-order valence-electron chi connectivity index (χ3n) is 3.17. The number of rotatable bonds is 4. The van der Waals surface area contributed by atoms with Gasteiger partial charge in [-0.25, -0.2) is 8.78 Å². The van der Waals surface area contributed by atoms with Crippen molar-refractivity contribution in [1.82, 2.24) is 10.2 Å². The normalized spacial score (nSPS) is 10.7. The summed E-state index contributed by atoms with van der Waals surface area (Å²) in [6, 6.07) is 14.1. The molecule has 3 aromatic rings. The minimum atomic E-state index is -0.779. The zero-order chi connectivity index (χ0) is 15.5. The Balaban J connectivity index is 1.75. The van der Waals surface area contributed by atoms with Crippen molar-refractivity contribution in [1.29, 1.82) is 0 Å². The van der Waals surface area contributed by atoms with Crippen molar-refractivity contribution in [3.63, 3.8) is 0 Å². The molecule has 5 heteroatoms. The Bertz CT molecular complexity index is 779. The molecule has 0 spiro atoms. The fraction of sp³-hybridized carbons (Fsp3) is 0.118. The van der Waals surface area contributed by atoms with Gasteiger partial charge in [0, 0.05) is 5.56 Å². The van der Waals surface area contributed by atoms with E-state index in [0.29, 0.717) is 5.69 Å². The fourth-order valence-electron chi connectivity index (χ4n) is 2.11. The van der Waals surface area contributed by atoms with E-state index in [0.717, 1.165) is 29.0 Å². The summed E-state index contributed by atoms with van der Waals surface area (Å²) >= 11 is 0. The summed E-state index contributed by atoms with van der Waals surface area (Å²) in [5.74, 6) is -1.97. The number of aryl methyl sites for hydroxylation is 1. The lowest BCUT2D eigenvalue weighted by Crippen LogP contribution is -2.00. The fourth-order valence-corrected chi connectivity index (χ4v) is 2.11. The molecule has 0 saturated heterocycles. The summed E-state index contributed by atoms with van der Waals surface area (Å²) in [4.78, 5) is 0. The number of benzene rings is 2. The summed E-state index contributed by atoms with van der Waals surface area (Å²) in [6.45, 7) is 1.99. The van der Waals surface area contributed by atoms with Crippen LogP contribution in [-0.4, -0.2) is 10.2 Å². The van der Waals surface area contributed by atoms with Crippen LogP contribution >= 0.6 is 0 Å². The van der Waals surface area contributed by atoms with Crippen LogP contribution in [0.4, 0.5) is 8.78 Å². The molecular formula is C17H13F2N2O. The maximum atomic E-state index is 13.4. The van der Waals surface area contributed by atoms with Crippen molar-refractivity contribution >= 4 is 0 Å². The van der Waals surface area contributed by atoms with Crippen LogP contribution in [-0.2, 0) is 6.61 Å². The largest absolute Gasteiger partial charge is 0.481 e. The third kappa shape index (κ3) is 2.98. The van der Waals surface area contributed by atoms with Crippen LogP contribution in [0.3, 0.4) is 0 Å². The maximum Gasteiger partial charge on any atom is 0.191 e. The zero-order valence-electron chi connectivity index (χ0n) is 11.9. The van der Waals surface area contributed by atoms with E-state index in [1.807, 2.05) is 31.2 Å². The number of aromatic nitrogens is 2. The molecule has 111 valence electrons. The maximum absolute atomic E-state index is 13.4. The molecule has 3 rings (SSSR count). The molecule has 1 radical (unpaired) electrons. The lowest BCUT2D eigenvalue weighted by molar-refractivity contribution is 0.270. The van der Waals surface area contributed by atoms with Crippen molar-refractivity contribution in [2.75, 3.05) is 0 Å². The highest BCUT2D eigenvalue weighted by atomic mass is 19.1. The number of nitrogens with zero attached hydrogens (tertiary/aromatic N) is 1. The molecule has 1 aromatic heterocycles. The Kier molecular flexibility index (Phi) is 3.87. The molecule has 0 unspecified atom stereocenters. The van der Waals surface area contributed by atoms with Gasteiger partial charge in [0.2, 0.25) is 0 Å². The Morgan fingerprint density at radius 3 is 2.68 bits per heavy atom. The summed E-state index contributed by atoms with van der Waals surface area (Å²) in [5.41, 5.74) is 3.48. The van der Waals surface area contributed by atoms with Crippen LogP contribution in [0.2, 0.25) is 0 Å². The second-order valence-corrected chi connectivity index (χ2v) is 4.92. The van der Waals surface area contributed by atoms with E-state index in [1.54, 1.807) is 6.07 Å². The molecule has 0 saturated carbocycles. The van der Waals surface area contributed by atoms with E-state index in [1.165, 1.54) is 0 Å². The number of ether oxygens (including phenoxy) is 1. The molecule has 0 aliphatic carbocycles. The van der Waals surface area contributed by atoms with Gasteiger partial charge in [-0.05, 0) is 37.3 Å². The summed E-state index contributed by atoms with van der Waals surface area (Å²) in [5, 5.41) is 6.99. The summed E-state index contributed by atoms with van der Waals surface area (Å²) in [6.07, 6.45) is 0. The molecule has 2 aromatic carbocycles. The second kappa shape index (κ2) is 5.97. The molecule has 0 atom stereocenters. The first-order valence-electron chi connectivity index (χ1n) is 6.72. The van der Waals surface area contributed by atoms with E-state index >= 15 is 0 Å². The number of hydrogen-bond acceptors (Lipinski definition) is 2. The Morgan fingerprint density at radius 2 is 1.95 bits per heavy atom. The second-order valence-electron chi connectivity index (χ2n) is 4.92. The monoisotopic (exact) mass is 299 g/mol. The molecule has 0 amide bonds. The standard InChI is InChI=1S/C17H13F2N2O/c1-11-4-2-5-12(8-11)16-9-13(20-21-16)10-22-17-14(18)6-3-7-15(17)19/h2,4-9H,10H2,1H3,(H,20,21). The highest BCUT2D eigenvalue weighted by molar-refractivity contribution is 5.60. The van der Waals surface area contributed by atoms with Gasteiger partial charge < -0.3 is 4.74 Å². The van der Waals surface area contributed by atoms with Crippen molar-refractivity contribution < 1.29 is 13.5 Å². The van der Waals surface area contributed by atoms with Gasteiger partial charge in [0.05, 0.1) is 11.4 Å². The van der Waals surface area contributed by atoms with Crippen LogP contribution in [0.1, 0.15) is 11.3 Å². The van der Waals surface area contributed by atoms with E-state index < -0.39 is 17.4 Å². The minimum Gasteiger partial charge on any atom is -0.481 e. The van der Waals surface area contributed by atoms with Gasteiger partial charge in [0.25, 0.3) is 0 Å². The van der Waals surface area contributed by atoms with Gasteiger partial charge in [-0.1, -0.05) is 23.8 Å². The van der Waals surface area contributed by atoms with Crippen molar-refractivity contribution in [3.8, 4) is 17.0 Å². The van der Waals surface area contributed by atoms with E-state index in [9.17, 15) is 8.78 Å². The quantitative estimate of drug-likeness (QED) is 0.789. The smallest absolute Gasteiger partial charge is 0.191 e. The number of halogens is 2. The first kappa shape index (κ1) is 14.3. The van der Waals surface area contributed by atoms with E-state index in [4.69, 9.17) is 4.74 Å². The first-order valence-corrected chi connectivity index (χ1v) is 6.72. The molecule has 0 fully saturated rings. The van der Waals surface area contributed by atoms with Crippen LogP contribution in [0.5, 0.6) is 5.75 Å². The number of aromatic amines is 1. The summed E-state index contributed by atoms with van der Waals surface area (Å²) < 4.78 is 32.1. The van der Waals surface area contributed by atoms with Gasteiger partial charge in [-0.3, -0.25) is 5.10 Å². The molecule has 0 aliphatic rings. The van der Waals surface area contributed by atoms with Crippen LogP contribution in [0.15, 0.2) is 42.5 Å². The third-order valence-corrected chi connectivity index (χ3v) is 3.17. The Labute approximate surface area is 126 Å². The number of H-pyrrole nitrogens is 1. The summed E-state index contributed by atoms with van der Waals surface area (Å²) in [7, 11) is 0. The van der Waals surface area contributed by atoms with Crippen LogP contribution in [0.25, 0.3) is 11.3 Å². The topological polar surface area (TPSA) is 37.9 Å². The van der Waals surface area contributed by atoms with Gasteiger partial charge in [0.15, 0.2) is 17.4 Å². The highest BCUT2D eigenvalue weighted by Gasteiger charge is 2.11. The van der Waals surface area contributed by atoms with Crippen LogP contribution < -0.4 is 4.74 Å². The molecule has 1 heterocycles. The van der Waals surface area contributed by atoms with Crippen molar-refractivity contribution in [2.24, 2.45) is 0 Å². The Hall–Kier alpha value is -2.69. The zero-order valence-corrected chi connectivity index (χ0v) is 11.9.